The summed E-state index contributed by atoms with van der Waals surface area (Å²) in [5, 5.41) is 2.90. The van der Waals surface area contributed by atoms with Gasteiger partial charge in [0.2, 0.25) is 11.8 Å². The van der Waals surface area contributed by atoms with Crippen LogP contribution in [0.5, 0.6) is 5.75 Å². The van der Waals surface area contributed by atoms with Crippen molar-refractivity contribution in [2.24, 2.45) is 0 Å². The Kier molecular flexibility index (Phi) is 10.9. The molecule has 0 saturated carbocycles. The quantitative estimate of drug-likeness (QED) is 0.302. The fourth-order valence-electron chi connectivity index (χ4n) is 4.57. The highest BCUT2D eigenvalue weighted by Gasteiger charge is 2.34. The Morgan fingerprint density at radius 2 is 1.59 bits per heavy atom. The zero-order valence-electron chi connectivity index (χ0n) is 24.8. The molecule has 1 N–H and O–H groups in total. The number of anilines is 1. The van der Waals surface area contributed by atoms with Gasteiger partial charge in [0.15, 0.2) is 0 Å². The van der Waals surface area contributed by atoms with Crippen LogP contribution < -0.4 is 14.4 Å². The van der Waals surface area contributed by atoms with Crippen LogP contribution in [0.25, 0.3) is 0 Å². The van der Waals surface area contributed by atoms with E-state index < -0.39 is 28.5 Å². The Bertz CT molecular complexity index is 1440. The molecule has 8 nitrogen and oxygen atoms in total. The second-order valence-electron chi connectivity index (χ2n) is 10.1. The third kappa shape index (κ3) is 7.67. The normalized spacial score (nSPS) is 12.0. The van der Waals surface area contributed by atoms with Crippen LogP contribution in [0.3, 0.4) is 0 Å². The summed E-state index contributed by atoms with van der Waals surface area (Å²) in [6.45, 7) is 9.58. The number of nitrogens with zero attached hydrogens (tertiary/aromatic N) is 2. The number of hydrogen-bond donors (Lipinski definition) is 1. The van der Waals surface area contributed by atoms with Crippen LogP contribution in [-0.4, -0.2) is 51.4 Å². The number of rotatable bonds is 13. The van der Waals surface area contributed by atoms with Crippen molar-refractivity contribution in [3.8, 4) is 5.75 Å². The molecule has 41 heavy (non-hydrogen) atoms. The summed E-state index contributed by atoms with van der Waals surface area (Å²) in [5.74, 6) is -0.0727. The van der Waals surface area contributed by atoms with E-state index in [0.717, 1.165) is 28.7 Å². The molecule has 3 aromatic carbocycles. The van der Waals surface area contributed by atoms with E-state index in [1.165, 1.54) is 9.21 Å². The van der Waals surface area contributed by atoms with Crippen LogP contribution in [-0.2, 0) is 26.2 Å². The van der Waals surface area contributed by atoms with E-state index in [4.69, 9.17) is 4.74 Å². The molecule has 0 unspecified atom stereocenters. The molecule has 0 aliphatic heterocycles. The van der Waals surface area contributed by atoms with Crippen LogP contribution in [0.1, 0.15) is 48.9 Å². The second-order valence-corrected chi connectivity index (χ2v) is 12.0. The Hall–Kier alpha value is -3.85. The third-order valence-corrected chi connectivity index (χ3v) is 8.95. The lowest BCUT2D eigenvalue weighted by Crippen LogP contribution is -2.52. The number of aryl methyl sites for hydroxylation is 2. The number of sulfonamides is 1. The molecular formula is C32H41N3O5S. The summed E-state index contributed by atoms with van der Waals surface area (Å²) in [7, 11) is -2.54. The van der Waals surface area contributed by atoms with E-state index in [2.05, 4.69) is 5.32 Å². The maximum absolute atomic E-state index is 14.2. The summed E-state index contributed by atoms with van der Waals surface area (Å²) in [4.78, 5) is 29.0. The zero-order valence-corrected chi connectivity index (χ0v) is 25.6. The van der Waals surface area contributed by atoms with Gasteiger partial charge in [0.05, 0.1) is 17.7 Å². The van der Waals surface area contributed by atoms with Crippen molar-refractivity contribution in [1.29, 1.82) is 0 Å². The fraction of sp³-hybridized carbons (Fsp3) is 0.375. The highest BCUT2D eigenvalue weighted by Crippen LogP contribution is 2.29. The van der Waals surface area contributed by atoms with Gasteiger partial charge in [-0.15, -0.1) is 0 Å². The molecule has 0 aliphatic rings. The van der Waals surface area contributed by atoms with Crippen LogP contribution in [0.15, 0.2) is 71.6 Å². The van der Waals surface area contributed by atoms with E-state index in [-0.39, 0.29) is 17.3 Å². The molecule has 0 fully saturated rings. The first-order valence-corrected chi connectivity index (χ1v) is 15.3. The summed E-state index contributed by atoms with van der Waals surface area (Å²) in [6.07, 6.45) is 1.12. The van der Waals surface area contributed by atoms with Gasteiger partial charge in [-0.25, -0.2) is 8.42 Å². The molecular weight excluding hydrogens is 538 g/mol. The van der Waals surface area contributed by atoms with E-state index in [0.29, 0.717) is 24.4 Å². The molecule has 3 aromatic rings. The van der Waals surface area contributed by atoms with Crippen LogP contribution in [0.2, 0.25) is 0 Å². The number of ether oxygens (including phenoxy) is 1. The van der Waals surface area contributed by atoms with Gasteiger partial charge < -0.3 is 15.0 Å². The molecule has 220 valence electrons. The predicted molar refractivity (Wildman–Crippen MR) is 163 cm³/mol. The number of amides is 2. The van der Waals surface area contributed by atoms with Crippen molar-refractivity contribution >= 4 is 27.5 Å². The molecule has 3 rings (SSSR count). The van der Waals surface area contributed by atoms with Crippen molar-refractivity contribution in [1.82, 2.24) is 10.2 Å². The first kappa shape index (κ1) is 31.7. The lowest BCUT2D eigenvalue weighted by atomic mass is 10.1. The summed E-state index contributed by atoms with van der Waals surface area (Å²) < 4.78 is 34.6. The topological polar surface area (TPSA) is 96.0 Å². The average Bonchev–Trinajstić information content (AvgIpc) is 2.96. The molecule has 0 radical (unpaired) electrons. The minimum Gasteiger partial charge on any atom is -0.497 e. The zero-order chi connectivity index (χ0) is 30.2. The van der Waals surface area contributed by atoms with Crippen molar-refractivity contribution in [2.45, 2.75) is 64.9 Å². The van der Waals surface area contributed by atoms with Crippen molar-refractivity contribution in [3.63, 3.8) is 0 Å². The maximum atomic E-state index is 14.2. The van der Waals surface area contributed by atoms with Gasteiger partial charge in [0.1, 0.15) is 18.3 Å². The van der Waals surface area contributed by atoms with E-state index >= 15 is 0 Å². The molecule has 1 atom stereocenters. The molecule has 0 bridgehead atoms. The Morgan fingerprint density at radius 3 is 2.17 bits per heavy atom. The lowest BCUT2D eigenvalue weighted by molar-refractivity contribution is -0.140. The molecule has 0 aromatic heterocycles. The largest absolute Gasteiger partial charge is 0.497 e. The van der Waals surface area contributed by atoms with E-state index in [1.54, 1.807) is 55.6 Å². The highest BCUT2D eigenvalue weighted by molar-refractivity contribution is 7.92. The monoisotopic (exact) mass is 579 g/mol. The van der Waals surface area contributed by atoms with Gasteiger partial charge in [0, 0.05) is 13.1 Å². The van der Waals surface area contributed by atoms with Crippen LogP contribution in [0, 0.1) is 20.8 Å². The number of carbonyl (C=O) groups excluding carboxylic acids is 2. The molecule has 9 heteroatoms. The van der Waals surface area contributed by atoms with Crippen molar-refractivity contribution in [3.05, 3.63) is 89.0 Å². The number of benzene rings is 3. The van der Waals surface area contributed by atoms with Crippen LogP contribution >= 0.6 is 0 Å². The highest BCUT2D eigenvalue weighted by atomic mass is 32.2. The molecule has 0 aliphatic carbocycles. The Morgan fingerprint density at radius 1 is 0.927 bits per heavy atom. The molecule has 0 spiro atoms. The van der Waals surface area contributed by atoms with E-state index in [1.807, 2.05) is 52.8 Å². The first-order valence-electron chi connectivity index (χ1n) is 13.9. The standard InChI is InChI=1S/C32H41N3O5S/c1-7-20-33-32(37)29(8-2)34(21-26-14-16-27(40-6)17-15-26)31(36)22-35(30-11-9-10-24(4)25(30)5)41(38,39)28-18-12-23(3)13-19-28/h9-19,29H,7-8,20-22H2,1-6H3,(H,33,37)/t29-/m0/s1. The van der Waals surface area contributed by atoms with Gasteiger partial charge >= 0.3 is 0 Å². The molecule has 0 saturated heterocycles. The minimum absolute atomic E-state index is 0.0891. The maximum Gasteiger partial charge on any atom is 0.264 e. The van der Waals surface area contributed by atoms with Crippen molar-refractivity contribution in [2.75, 3.05) is 24.5 Å². The van der Waals surface area contributed by atoms with Crippen LogP contribution in [0.4, 0.5) is 5.69 Å². The predicted octanol–water partition coefficient (Wildman–Crippen LogP) is 5.15. The Labute approximate surface area is 244 Å². The number of methoxy groups -OCH3 is 1. The van der Waals surface area contributed by atoms with Gasteiger partial charge in [-0.3, -0.25) is 13.9 Å². The fourth-order valence-corrected chi connectivity index (χ4v) is 6.04. The summed E-state index contributed by atoms with van der Waals surface area (Å²) in [6, 6.07) is 18.4. The van der Waals surface area contributed by atoms with Gasteiger partial charge in [-0.05, 0) is 80.6 Å². The van der Waals surface area contributed by atoms with Gasteiger partial charge in [0.25, 0.3) is 10.0 Å². The third-order valence-electron chi connectivity index (χ3n) is 7.18. The second kappa shape index (κ2) is 14.2. The minimum atomic E-state index is -4.12. The summed E-state index contributed by atoms with van der Waals surface area (Å²) >= 11 is 0. The smallest absolute Gasteiger partial charge is 0.264 e. The van der Waals surface area contributed by atoms with E-state index in [9.17, 15) is 18.0 Å². The van der Waals surface area contributed by atoms with Crippen molar-refractivity contribution < 1.29 is 22.7 Å². The number of carbonyl (C=O) groups is 2. The average molecular weight is 580 g/mol. The molecule has 2 amide bonds. The van der Waals surface area contributed by atoms with Gasteiger partial charge in [-0.2, -0.15) is 0 Å². The first-order chi connectivity index (χ1) is 19.5. The summed E-state index contributed by atoms with van der Waals surface area (Å²) in [5.41, 5.74) is 3.80. The van der Waals surface area contributed by atoms with Gasteiger partial charge in [-0.1, -0.05) is 55.8 Å². The molecule has 0 heterocycles. The number of nitrogens with one attached hydrogen (secondary N) is 1. The SMILES string of the molecule is CCCNC(=O)[C@H](CC)N(Cc1ccc(OC)cc1)C(=O)CN(c1cccc(C)c1C)S(=O)(=O)c1ccc(C)cc1. The number of hydrogen-bond acceptors (Lipinski definition) is 5. The lowest BCUT2D eigenvalue weighted by Gasteiger charge is -2.33. The Balaban J connectivity index is 2.08.